The zero-order valence-electron chi connectivity index (χ0n) is 12.0. The molecule has 2 saturated heterocycles. The Morgan fingerprint density at radius 1 is 1.37 bits per heavy atom. The summed E-state index contributed by atoms with van der Waals surface area (Å²) in [6.07, 6.45) is 6.76. The molecule has 2 heterocycles. The fraction of sp³-hybridized carbons (Fsp3) is 0.933. The average molecular weight is 266 g/mol. The molecule has 108 valence electrons. The van der Waals surface area contributed by atoms with E-state index in [4.69, 9.17) is 4.74 Å². The molecule has 0 bridgehead atoms. The predicted molar refractivity (Wildman–Crippen MR) is 73.9 cm³/mol. The van der Waals surface area contributed by atoms with Gasteiger partial charge in [-0.15, -0.1) is 0 Å². The first-order chi connectivity index (χ1) is 9.27. The Balaban J connectivity index is 1.77. The summed E-state index contributed by atoms with van der Waals surface area (Å²) in [5.74, 6) is 0.414. The van der Waals surface area contributed by atoms with Crippen LogP contribution in [-0.2, 0) is 9.53 Å². The number of fused-ring (bicyclic) bond motifs is 1. The molecule has 0 radical (unpaired) electrons. The van der Waals surface area contributed by atoms with Crippen LogP contribution < -0.4 is 5.32 Å². The standard InChI is InChI=1S/C15H26N2O2/c1-2-15(6-8-16-9-7-15)14(18)17-10-11-19-13-5-3-4-12(13)17/h12-13,16H,2-11H2,1H3. The second kappa shape index (κ2) is 5.41. The molecular weight excluding hydrogens is 240 g/mol. The van der Waals surface area contributed by atoms with Crippen LogP contribution in [0.1, 0.15) is 45.4 Å². The molecule has 0 aromatic carbocycles. The lowest BCUT2D eigenvalue weighted by Gasteiger charge is -2.45. The number of nitrogens with zero attached hydrogens (tertiary/aromatic N) is 1. The van der Waals surface area contributed by atoms with Crippen molar-refractivity contribution in [1.82, 2.24) is 10.2 Å². The molecule has 3 fully saturated rings. The Kier molecular flexibility index (Phi) is 3.81. The molecule has 0 spiro atoms. The molecule has 3 rings (SSSR count). The third kappa shape index (κ3) is 2.29. The van der Waals surface area contributed by atoms with Gasteiger partial charge >= 0.3 is 0 Å². The number of nitrogens with one attached hydrogen (secondary N) is 1. The Bertz CT molecular complexity index is 339. The van der Waals surface area contributed by atoms with Crippen LogP contribution in [0.2, 0.25) is 0 Å². The van der Waals surface area contributed by atoms with Crippen LogP contribution in [0.4, 0.5) is 0 Å². The zero-order valence-corrected chi connectivity index (χ0v) is 12.0. The number of amides is 1. The number of rotatable bonds is 2. The highest BCUT2D eigenvalue weighted by Gasteiger charge is 2.46. The van der Waals surface area contributed by atoms with Crippen molar-refractivity contribution < 1.29 is 9.53 Å². The summed E-state index contributed by atoms with van der Waals surface area (Å²) in [7, 11) is 0. The van der Waals surface area contributed by atoms with Gasteiger partial charge in [0.1, 0.15) is 0 Å². The lowest BCUT2D eigenvalue weighted by atomic mass is 9.75. The van der Waals surface area contributed by atoms with E-state index in [0.29, 0.717) is 18.1 Å². The van der Waals surface area contributed by atoms with Gasteiger partial charge < -0.3 is 15.0 Å². The second-order valence-electron chi connectivity index (χ2n) is 6.29. The van der Waals surface area contributed by atoms with Crippen molar-refractivity contribution in [2.75, 3.05) is 26.2 Å². The molecule has 19 heavy (non-hydrogen) atoms. The number of ether oxygens (including phenoxy) is 1. The van der Waals surface area contributed by atoms with Gasteiger partial charge in [-0.3, -0.25) is 4.79 Å². The van der Waals surface area contributed by atoms with E-state index in [9.17, 15) is 4.79 Å². The van der Waals surface area contributed by atoms with Crippen molar-refractivity contribution in [2.24, 2.45) is 5.41 Å². The van der Waals surface area contributed by atoms with Gasteiger partial charge in [0.15, 0.2) is 0 Å². The molecule has 2 atom stereocenters. The van der Waals surface area contributed by atoms with Crippen molar-refractivity contribution in [3.05, 3.63) is 0 Å². The quantitative estimate of drug-likeness (QED) is 0.824. The molecule has 1 amide bonds. The van der Waals surface area contributed by atoms with E-state index in [0.717, 1.165) is 58.3 Å². The van der Waals surface area contributed by atoms with E-state index < -0.39 is 0 Å². The summed E-state index contributed by atoms with van der Waals surface area (Å²) in [4.78, 5) is 15.3. The van der Waals surface area contributed by atoms with E-state index >= 15 is 0 Å². The zero-order chi connectivity index (χ0) is 13.3. The van der Waals surface area contributed by atoms with Crippen LogP contribution in [0.5, 0.6) is 0 Å². The van der Waals surface area contributed by atoms with Gasteiger partial charge in [0.05, 0.1) is 24.2 Å². The van der Waals surface area contributed by atoms with Gasteiger partial charge in [-0.25, -0.2) is 0 Å². The minimum atomic E-state index is -0.101. The van der Waals surface area contributed by atoms with Crippen molar-refractivity contribution in [2.45, 2.75) is 57.6 Å². The topological polar surface area (TPSA) is 41.6 Å². The summed E-state index contributed by atoms with van der Waals surface area (Å²) in [6, 6.07) is 0.361. The van der Waals surface area contributed by atoms with Crippen LogP contribution in [0.15, 0.2) is 0 Å². The number of morpholine rings is 1. The van der Waals surface area contributed by atoms with Crippen molar-refractivity contribution in [3.8, 4) is 0 Å². The van der Waals surface area contributed by atoms with Gasteiger partial charge in [0.25, 0.3) is 0 Å². The van der Waals surface area contributed by atoms with Crippen LogP contribution in [0.3, 0.4) is 0 Å². The highest BCUT2D eigenvalue weighted by Crippen LogP contribution is 2.38. The van der Waals surface area contributed by atoms with Crippen LogP contribution in [0, 0.1) is 5.41 Å². The van der Waals surface area contributed by atoms with E-state index in [-0.39, 0.29) is 5.41 Å². The number of hydrogen-bond donors (Lipinski definition) is 1. The fourth-order valence-electron chi connectivity index (χ4n) is 4.11. The summed E-state index contributed by atoms with van der Waals surface area (Å²) in [6.45, 7) is 5.67. The van der Waals surface area contributed by atoms with E-state index in [1.54, 1.807) is 0 Å². The van der Waals surface area contributed by atoms with Crippen molar-refractivity contribution >= 4 is 5.91 Å². The maximum Gasteiger partial charge on any atom is 0.229 e. The third-order valence-corrected chi connectivity index (χ3v) is 5.43. The maximum absolute atomic E-state index is 13.1. The minimum Gasteiger partial charge on any atom is -0.374 e. The molecule has 2 aliphatic heterocycles. The van der Waals surface area contributed by atoms with Crippen LogP contribution >= 0.6 is 0 Å². The van der Waals surface area contributed by atoms with Crippen LogP contribution in [0.25, 0.3) is 0 Å². The third-order valence-electron chi connectivity index (χ3n) is 5.43. The second-order valence-corrected chi connectivity index (χ2v) is 6.29. The Morgan fingerprint density at radius 2 is 2.16 bits per heavy atom. The molecule has 3 aliphatic rings. The molecule has 0 aromatic heterocycles. The average Bonchev–Trinajstić information content (AvgIpc) is 2.95. The molecule has 4 nitrogen and oxygen atoms in total. The minimum absolute atomic E-state index is 0.101. The van der Waals surface area contributed by atoms with Crippen LogP contribution in [-0.4, -0.2) is 49.2 Å². The van der Waals surface area contributed by atoms with Gasteiger partial charge in [0, 0.05) is 6.54 Å². The number of carbonyl (C=O) groups excluding carboxylic acids is 1. The van der Waals surface area contributed by atoms with Crippen molar-refractivity contribution in [3.63, 3.8) is 0 Å². The highest BCUT2D eigenvalue weighted by atomic mass is 16.5. The lowest BCUT2D eigenvalue weighted by molar-refractivity contribution is -0.156. The first kappa shape index (κ1) is 13.4. The first-order valence-electron chi connectivity index (χ1n) is 7.90. The summed E-state index contributed by atoms with van der Waals surface area (Å²) < 4.78 is 5.83. The van der Waals surface area contributed by atoms with Gasteiger partial charge in [-0.2, -0.15) is 0 Å². The predicted octanol–water partition coefficient (Wildman–Crippen LogP) is 1.55. The summed E-state index contributed by atoms with van der Waals surface area (Å²) in [5, 5.41) is 3.38. The fourth-order valence-corrected chi connectivity index (χ4v) is 4.11. The van der Waals surface area contributed by atoms with Gasteiger partial charge in [-0.1, -0.05) is 6.92 Å². The largest absolute Gasteiger partial charge is 0.374 e. The van der Waals surface area contributed by atoms with E-state index in [1.165, 1.54) is 6.42 Å². The maximum atomic E-state index is 13.1. The molecule has 0 aromatic rings. The Hall–Kier alpha value is -0.610. The van der Waals surface area contributed by atoms with E-state index in [1.807, 2.05) is 0 Å². The SMILES string of the molecule is CCC1(C(=O)N2CCOC3CCCC32)CCNCC1. The van der Waals surface area contributed by atoms with Gasteiger partial charge in [-0.05, 0) is 51.6 Å². The van der Waals surface area contributed by atoms with E-state index in [2.05, 4.69) is 17.1 Å². The number of carbonyl (C=O) groups is 1. The molecule has 1 aliphatic carbocycles. The van der Waals surface area contributed by atoms with Crippen molar-refractivity contribution in [1.29, 1.82) is 0 Å². The Labute approximate surface area is 115 Å². The lowest BCUT2D eigenvalue weighted by Crippen LogP contribution is -2.57. The first-order valence-corrected chi connectivity index (χ1v) is 7.90. The number of piperidine rings is 1. The molecule has 2 unspecified atom stereocenters. The number of hydrogen-bond acceptors (Lipinski definition) is 3. The van der Waals surface area contributed by atoms with Gasteiger partial charge in [0.2, 0.25) is 5.91 Å². The summed E-state index contributed by atoms with van der Waals surface area (Å²) >= 11 is 0. The molecule has 1 saturated carbocycles. The normalized spacial score (nSPS) is 34.1. The summed E-state index contributed by atoms with van der Waals surface area (Å²) in [5.41, 5.74) is -0.101. The Morgan fingerprint density at radius 3 is 2.89 bits per heavy atom. The monoisotopic (exact) mass is 266 g/mol. The smallest absolute Gasteiger partial charge is 0.229 e. The molecule has 1 N–H and O–H groups in total. The molecular formula is C15H26N2O2. The highest BCUT2D eigenvalue weighted by molar-refractivity contribution is 5.83. The molecule has 4 heteroatoms.